The van der Waals surface area contributed by atoms with Gasteiger partial charge >= 0.3 is 0 Å². The average molecular weight is 466 g/mol. The predicted octanol–water partition coefficient (Wildman–Crippen LogP) is 3.75. The van der Waals surface area contributed by atoms with Crippen LogP contribution in [-0.2, 0) is 35.3 Å². The number of hydrogen-bond donors (Lipinski definition) is 0. The summed E-state index contributed by atoms with van der Waals surface area (Å²) in [7, 11) is -3.62. The van der Waals surface area contributed by atoms with Gasteiger partial charge in [-0.25, -0.2) is 17.5 Å². The smallest absolute Gasteiger partial charge is 0.198 e. The van der Waals surface area contributed by atoms with E-state index in [1.165, 1.54) is 16.8 Å². The predicted molar refractivity (Wildman–Crippen MR) is 122 cm³/mol. The second kappa shape index (κ2) is 10.0. The maximum Gasteiger partial charge on any atom is 0.198 e. The number of aryl methyl sites for hydroxylation is 1. The van der Waals surface area contributed by atoms with E-state index >= 15 is 0 Å². The van der Waals surface area contributed by atoms with E-state index in [0.29, 0.717) is 25.5 Å². The molecule has 1 heterocycles. The first kappa shape index (κ1) is 22.8. The van der Waals surface area contributed by atoms with Crippen molar-refractivity contribution in [2.24, 2.45) is 0 Å². The van der Waals surface area contributed by atoms with Gasteiger partial charge in [0.15, 0.2) is 21.5 Å². The van der Waals surface area contributed by atoms with Crippen molar-refractivity contribution in [1.29, 1.82) is 0 Å². The molecule has 170 valence electrons. The van der Waals surface area contributed by atoms with E-state index in [0.717, 1.165) is 16.7 Å². The SMILES string of the molecule is Cc1ccc(S(=O)(=O)Cn2nnnc2CN(Cc2ccccc2)Cc2ccc(F)cc2)cc1. The first-order chi connectivity index (χ1) is 15.9. The highest BCUT2D eigenvalue weighted by Gasteiger charge is 2.20. The molecular formula is C24H24FN5O2S. The van der Waals surface area contributed by atoms with Crippen molar-refractivity contribution >= 4 is 9.84 Å². The van der Waals surface area contributed by atoms with Gasteiger partial charge in [-0.15, -0.1) is 5.10 Å². The van der Waals surface area contributed by atoms with E-state index in [4.69, 9.17) is 0 Å². The van der Waals surface area contributed by atoms with Gasteiger partial charge in [-0.3, -0.25) is 4.90 Å². The van der Waals surface area contributed by atoms with Crippen molar-refractivity contribution in [1.82, 2.24) is 25.1 Å². The van der Waals surface area contributed by atoms with Crippen LogP contribution < -0.4 is 0 Å². The highest BCUT2D eigenvalue weighted by molar-refractivity contribution is 7.90. The summed E-state index contributed by atoms with van der Waals surface area (Å²) in [5, 5.41) is 11.7. The normalized spacial score (nSPS) is 11.7. The van der Waals surface area contributed by atoms with Crippen molar-refractivity contribution in [2.45, 2.75) is 37.3 Å². The Bertz CT molecular complexity index is 1290. The quantitative estimate of drug-likeness (QED) is 0.375. The number of sulfone groups is 1. The van der Waals surface area contributed by atoms with Gasteiger partial charge in [-0.1, -0.05) is 60.2 Å². The van der Waals surface area contributed by atoms with Crippen LogP contribution in [0.4, 0.5) is 4.39 Å². The Morgan fingerprint density at radius 1 is 0.848 bits per heavy atom. The number of tetrazole rings is 1. The molecule has 0 atom stereocenters. The van der Waals surface area contributed by atoms with Crippen molar-refractivity contribution in [3.8, 4) is 0 Å². The summed E-state index contributed by atoms with van der Waals surface area (Å²) < 4.78 is 40.5. The molecule has 7 nitrogen and oxygen atoms in total. The molecule has 0 aliphatic heterocycles. The highest BCUT2D eigenvalue weighted by Crippen LogP contribution is 2.17. The van der Waals surface area contributed by atoms with Gasteiger partial charge < -0.3 is 0 Å². The molecule has 0 unspecified atom stereocenters. The first-order valence-corrected chi connectivity index (χ1v) is 12.1. The van der Waals surface area contributed by atoms with Crippen LogP contribution in [-0.4, -0.2) is 33.5 Å². The lowest BCUT2D eigenvalue weighted by Crippen LogP contribution is -2.25. The molecule has 3 aromatic carbocycles. The Balaban J connectivity index is 1.55. The molecular weight excluding hydrogens is 441 g/mol. The van der Waals surface area contributed by atoms with E-state index in [1.807, 2.05) is 37.3 Å². The van der Waals surface area contributed by atoms with E-state index in [-0.39, 0.29) is 16.6 Å². The van der Waals surface area contributed by atoms with Gasteiger partial charge in [0.1, 0.15) is 5.82 Å². The summed E-state index contributed by atoms with van der Waals surface area (Å²) in [6.07, 6.45) is 0. The summed E-state index contributed by atoms with van der Waals surface area (Å²) in [6, 6.07) is 22.9. The van der Waals surface area contributed by atoms with E-state index in [2.05, 4.69) is 20.4 Å². The van der Waals surface area contributed by atoms with Crippen LogP contribution >= 0.6 is 0 Å². The van der Waals surface area contributed by atoms with Crippen LogP contribution in [0.25, 0.3) is 0 Å². The highest BCUT2D eigenvalue weighted by atomic mass is 32.2. The molecule has 4 rings (SSSR count). The molecule has 0 N–H and O–H groups in total. The Hall–Kier alpha value is -3.43. The fraction of sp³-hybridized carbons (Fsp3) is 0.208. The van der Waals surface area contributed by atoms with Gasteiger partial charge in [0, 0.05) is 13.1 Å². The lowest BCUT2D eigenvalue weighted by Gasteiger charge is -2.22. The zero-order chi connectivity index (χ0) is 23.3. The van der Waals surface area contributed by atoms with Crippen molar-refractivity contribution in [3.63, 3.8) is 0 Å². The maximum atomic E-state index is 13.3. The third kappa shape index (κ3) is 6.09. The minimum absolute atomic E-state index is 0.224. The summed E-state index contributed by atoms with van der Waals surface area (Å²) in [5.41, 5.74) is 3.00. The van der Waals surface area contributed by atoms with Gasteiger partial charge in [0.05, 0.1) is 11.4 Å². The number of halogens is 1. The lowest BCUT2D eigenvalue weighted by atomic mass is 10.1. The van der Waals surface area contributed by atoms with Gasteiger partial charge in [0.25, 0.3) is 0 Å². The molecule has 0 fully saturated rings. The molecule has 0 saturated heterocycles. The lowest BCUT2D eigenvalue weighted by molar-refractivity contribution is 0.237. The van der Waals surface area contributed by atoms with Crippen LogP contribution in [0.2, 0.25) is 0 Å². The molecule has 0 saturated carbocycles. The minimum atomic E-state index is -3.62. The number of benzene rings is 3. The molecule has 4 aromatic rings. The summed E-state index contributed by atoms with van der Waals surface area (Å²) in [5.74, 6) is -0.212. The fourth-order valence-electron chi connectivity index (χ4n) is 3.48. The van der Waals surface area contributed by atoms with E-state index < -0.39 is 9.84 Å². The third-order valence-corrected chi connectivity index (χ3v) is 6.79. The van der Waals surface area contributed by atoms with Crippen LogP contribution in [0, 0.1) is 12.7 Å². The number of nitrogens with zero attached hydrogens (tertiary/aromatic N) is 5. The minimum Gasteiger partial charge on any atom is -0.287 e. The topological polar surface area (TPSA) is 81.0 Å². The third-order valence-electron chi connectivity index (χ3n) is 5.21. The largest absolute Gasteiger partial charge is 0.287 e. The summed E-state index contributed by atoms with van der Waals surface area (Å²) in [4.78, 5) is 2.31. The van der Waals surface area contributed by atoms with E-state index in [1.54, 1.807) is 36.4 Å². The molecule has 0 aliphatic rings. The summed E-state index contributed by atoms with van der Waals surface area (Å²) >= 11 is 0. The van der Waals surface area contributed by atoms with Crippen molar-refractivity contribution in [3.05, 3.63) is 107 Å². The first-order valence-electron chi connectivity index (χ1n) is 10.4. The van der Waals surface area contributed by atoms with Gasteiger partial charge in [-0.05, 0) is 52.7 Å². The zero-order valence-corrected chi connectivity index (χ0v) is 19.0. The summed E-state index contributed by atoms with van der Waals surface area (Å²) in [6.45, 7) is 3.34. The van der Waals surface area contributed by atoms with Crippen molar-refractivity contribution < 1.29 is 12.8 Å². The Morgan fingerprint density at radius 3 is 2.15 bits per heavy atom. The zero-order valence-electron chi connectivity index (χ0n) is 18.2. The van der Waals surface area contributed by atoms with Crippen LogP contribution in [0.1, 0.15) is 22.5 Å². The standard InChI is InChI=1S/C24H24FN5O2S/c1-19-7-13-23(14-8-19)33(31,32)18-30-24(26-27-28-30)17-29(15-20-5-3-2-4-6-20)16-21-9-11-22(25)12-10-21/h2-14H,15-18H2,1H3. The number of hydrogen-bond acceptors (Lipinski definition) is 6. The molecule has 33 heavy (non-hydrogen) atoms. The number of aromatic nitrogens is 4. The van der Waals surface area contributed by atoms with Gasteiger partial charge in [0.2, 0.25) is 0 Å². The van der Waals surface area contributed by atoms with Gasteiger partial charge in [-0.2, -0.15) is 0 Å². The van der Waals surface area contributed by atoms with Crippen LogP contribution in [0.5, 0.6) is 0 Å². The molecule has 0 aliphatic carbocycles. The molecule has 0 radical (unpaired) electrons. The molecule has 9 heteroatoms. The Kier molecular flexibility index (Phi) is 6.90. The van der Waals surface area contributed by atoms with Crippen LogP contribution in [0.3, 0.4) is 0 Å². The van der Waals surface area contributed by atoms with Crippen molar-refractivity contribution in [2.75, 3.05) is 0 Å². The molecule has 0 amide bonds. The maximum absolute atomic E-state index is 13.3. The Morgan fingerprint density at radius 2 is 1.48 bits per heavy atom. The molecule has 0 spiro atoms. The average Bonchev–Trinajstić information content (AvgIpc) is 3.22. The fourth-order valence-corrected chi connectivity index (χ4v) is 4.70. The molecule has 1 aromatic heterocycles. The Labute approximate surface area is 192 Å². The van der Waals surface area contributed by atoms with E-state index in [9.17, 15) is 12.8 Å². The second-order valence-corrected chi connectivity index (χ2v) is 9.87. The molecule has 0 bridgehead atoms. The van der Waals surface area contributed by atoms with Crippen LogP contribution in [0.15, 0.2) is 83.8 Å². The second-order valence-electron chi connectivity index (χ2n) is 7.91. The number of rotatable bonds is 9. The monoisotopic (exact) mass is 465 g/mol.